The summed E-state index contributed by atoms with van der Waals surface area (Å²) in [5.74, 6) is 2.00. The minimum absolute atomic E-state index is 0.950. The standard InChI is InChI=1S/C11H22O/c1-10-5-7-11(8-6-10)4-3-9-12-2/h10-11H,3-9H2,1-2H3. The molecule has 1 heteroatoms. The predicted molar refractivity (Wildman–Crippen MR) is 52.2 cm³/mol. The Morgan fingerprint density at radius 1 is 1.17 bits per heavy atom. The highest BCUT2D eigenvalue weighted by Gasteiger charge is 2.17. The van der Waals surface area contributed by atoms with Crippen LogP contribution in [0.4, 0.5) is 0 Å². The first-order valence-corrected chi connectivity index (χ1v) is 5.32. The van der Waals surface area contributed by atoms with Gasteiger partial charge in [0, 0.05) is 13.7 Å². The lowest BCUT2D eigenvalue weighted by molar-refractivity contribution is 0.177. The molecule has 72 valence electrons. The maximum absolute atomic E-state index is 5.05. The molecule has 1 saturated carbocycles. The number of hydrogen-bond acceptors (Lipinski definition) is 1. The lowest BCUT2D eigenvalue weighted by Gasteiger charge is -2.25. The van der Waals surface area contributed by atoms with E-state index in [0.717, 1.165) is 18.4 Å². The Kier molecular flexibility index (Phi) is 4.67. The second-order valence-electron chi connectivity index (χ2n) is 4.26. The van der Waals surface area contributed by atoms with Crippen molar-refractivity contribution in [1.82, 2.24) is 0 Å². The Balaban J connectivity index is 2.01. The molecule has 0 N–H and O–H groups in total. The zero-order valence-corrected chi connectivity index (χ0v) is 8.51. The molecule has 0 aliphatic heterocycles. The van der Waals surface area contributed by atoms with Gasteiger partial charge in [-0.2, -0.15) is 0 Å². The highest BCUT2D eigenvalue weighted by Crippen LogP contribution is 2.30. The number of hydrogen-bond donors (Lipinski definition) is 0. The van der Waals surface area contributed by atoms with E-state index in [-0.39, 0.29) is 0 Å². The summed E-state index contributed by atoms with van der Waals surface area (Å²) >= 11 is 0. The van der Waals surface area contributed by atoms with Crippen LogP contribution in [-0.4, -0.2) is 13.7 Å². The fourth-order valence-corrected chi connectivity index (χ4v) is 2.13. The Morgan fingerprint density at radius 3 is 2.42 bits per heavy atom. The molecule has 0 bridgehead atoms. The molecule has 12 heavy (non-hydrogen) atoms. The molecule has 0 radical (unpaired) electrons. The largest absolute Gasteiger partial charge is 0.385 e. The van der Waals surface area contributed by atoms with Crippen molar-refractivity contribution in [3.63, 3.8) is 0 Å². The van der Waals surface area contributed by atoms with Crippen LogP contribution in [-0.2, 0) is 4.74 Å². The summed E-state index contributed by atoms with van der Waals surface area (Å²) in [7, 11) is 1.79. The third kappa shape index (κ3) is 3.57. The van der Waals surface area contributed by atoms with Gasteiger partial charge in [0.2, 0.25) is 0 Å². The molecule has 1 rings (SSSR count). The van der Waals surface area contributed by atoms with Gasteiger partial charge in [0.25, 0.3) is 0 Å². The van der Waals surface area contributed by atoms with E-state index < -0.39 is 0 Å². The van der Waals surface area contributed by atoms with Gasteiger partial charge in [0.15, 0.2) is 0 Å². The van der Waals surface area contributed by atoms with E-state index in [1.165, 1.54) is 38.5 Å². The SMILES string of the molecule is COCCCC1CCC(C)CC1. The van der Waals surface area contributed by atoms with Crippen molar-refractivity contribution in [3.8, 4) is 0 Å². The summed E-state index contributed by atoms with van der Waals surface area (Å²) < 4.78 is 5.05. The van der Waals surface area contributed by atoms with E-state index in [0.29, 0.717) is 0 Å². The van der Waals surface area contributed by atoms with Crippen molar-refractivity contribution in [2.45, 2.75) is 45.4 Å². The summed E-state index contributed by atoms with van der Waals surface area (Å²) in [5.41, 5.74) is 0. The molecule has 0 amide bonds. The molecular formula is C11H22O. The number of ether oxygens (including phenoxy) is 1. The highest BCUT2D eigenvalue weighted by atomic mass is 16.5. The molecule has 0 aromatic carbocycles. The van der Waals surface area contributed by atoms with Gasteiger partial charge in [-0.05, 0) is 24.7 Å². The van der Waals surface area contributed by atoms with Gasteiger partial charge < -0.3 is 4.74 Å². The van der Waals surface area contributed by atoms with Crippen molar-refractivity contribution < 1.29 is 4.74 Å². The Labute approximate surface area is 76.5 Å². The zero-order chi connectivity index (χ0) is 8.81. The maximum Gasteiger partial charge on any atom is 0.0462 e. The van der Waals surface area contributed by atoms with Gasteiger partial charge in [0.05, 0.1) is 0 Å². The molecule has 0 saturated heterocycles. The van der Waals surface area contributed by atoms with Crippen LogP contribution < -0.4 is 0 Å². The molecule has 1 aliphatic carbocycles. The summed E-state index contributed by atoms with van der Waals surface area (Å²) in [4.78, 5) is 0. The first-order valence-electron chi connectivity index (χ1n) is 5.32. The van der Waals surface area contributed by atoms with Crippen LogP contribution in [0.2, 0.25) is 0 Å². The molecule has 0 spiro atoms. The van der Waals surface area contributed by atoms with E-state index in [1.807, 2.05) is 0 Å². The molecule has 0 aromatic heterocycles. The summed E-state index contributed by atoms with van der Waals surface area (Å²) in [5, 5.41) is 0. The zero-order valence-electron chi connectivity index (χ0n) is 8.51. The summed E-state index contributed by atoms with van der Waals surface area (Å²) in [6, 6.07) is 0. The highest BCUT2D eigenvalue weighted by molar-refractivity contribution is 4.69. The number of methoxy groups -OCH3 is 1. The fraction of sp³-hybridized carbons (Fsp3) is 1.00. The molecule has 0 heterocycles. The van der Waals surface area contributed by atoms with Gasteiger partial charge in [0.1, 0.15) is 0 Å². The minimum Gasteiger partial charge on any atom is -0.385 e. The van der Waals surface area contributed by atoms with Crippen LogP contribution >= 0.6 is 0 Å². The van der Waals surface area contributed by atoms with Crippen molar-refractivity contribution in [1.29, 1.82) is 0 Å². The van der Waals surface area contributed by atoms with Gasteiger partial charge in [-0.25, -0.2) is 0 Å². The van der Waals surface area contributed by atoms with E-state index in [1.54, 1.807) is 7.11 Å². The first kappa shape index (κ1) is 10.0. The Bertz CT molecular complexity index is 104. The average molecular weight is 170 g/mol. The van der Waals surface area contributed by atoms with E-state index in [9.17, 15) is 0 Å². The molecule has 1 nitrogen and oxygen atoms in total. The lowest BCUT2D eigenvalue weighted by atomic mass is 9.81. The van der Waals surface area contributed by atoms with E-state index in [2.05, 4.69) is 6.92 Å². The quantitative estimate of drug-likeness (QED) is 0.588. The third-order valence-corrected chi connectivity index (χ3v) is 3.10. The topological polar surface area (TPSA) is 9.23 Å². The van der Waals surface area contributed by atoms with Crippen molar-refractivity contribution in [2.24, 2.45) is 11.8 Å². The molecule has 0 unspecified atom stereocenters. The smallest absolute Gasteiger partial charge is 0.0462 e. The molecule has 0 atom stereocenters. The van der Waals surface area contributed by atoms with E-state index in [4.69, 9.17) is 4.74 Å². The van der Waals surface area contributed by atoms with Gasteiger partial charge >= 0.3 is 0 Å². The van der Waals surface area contributed by atoms with Gasteiger partial charge in [-0.3, -0.25) is 0 Å². The predicted octanol–water partition coefficient (Wildman–Crippen LogP) is 3.24. The van der Waals surface area contributed by atoms with Crippen LogP contribution in [0.1, 0.15) is 45.4 Å². The van der Waals surface area contributed by atoms with Crippen LogP contribution in [0, 0.1) is 11.8 Å². The minimum atomic E-state index is 0.950. The fourth-order valence-electron chi connectivity index (χ4n) is 2.13. The second-order valence-corrected chi connectivity index (χ2v) is 4.26. The van der Waals surface area contributed by atoms with E-state index >= 15 is 0 Å². The molecular weight excluding hydrogens is 148 g/mol. The van der Waals surface area contributed by atoms with Crippen molar-refractivity contribution >= 4 is 0 Å². The molecule has 1 fully saturated rings. The lowest BCUT2D eigenvalue weighted by Crippen LogP contribution is -2.12. The normalized spacial score (nSPS) is 30.5. The number of rotatable bonds is 4. The maximum atomic E-state index is 5.05. The first-order chi connectivity index (χ1) is 5.83. The average Bonchev–Trinajstić information content (AvgIpc) is 2.09. The van der Waals surface area contributed by atoms with Crippen LogP contribution in [0.3, 0.4) is 0 Å². The van der Waals surface area contributed by atoms with Crippen LogP contribution in [0.15, 0.2) is 0 Å². The van der Waals surface area contributed by atoms with Crippen LogP contribution in [0.25, 0.3) is 0 Å². The third-order valence-electron chi connectivity index (χ3n) is 3.10. The van der Waals surface area contributed by atoms with Crippen molar-refractivity contribution in [2.75, 3.05) is 13.7 Å². The van der Waals surface area contributed by atoms with Gasteiger partial charge in [-0.1, -0.05) is 32.6 Å². The van der Waals surface area contributed by atoms with Crippen LogP contribution in [0.5, 0.6) is 0 Å². The second kappa shape index (κ2) is 5.58. The Hall–Kier alpha value is -0.0400. The summed E-state index contributed by atoms with van der Waals surface area (Å²) in [6.07, 6.45) is 8.49. The molecule has 0 aromatic rings. The molecule has 1 aliphatic rings. The Morgan fingerprint density at radius 2 is 1.83 bits per heavy atom. The monoisotopic (exact) mass is 170 g/mol. The summed E-state index contributed by atoms with van der Waals surface area (Å²) in [6.45, 7) is 3.33. The van der Waals surface area contributed by atoms with Crippen molar-refractivity contribution in [3.05, 3.63) is 0 Å². The van der Waals surface area contributed by atoms with Gasteiger partial charge in [-0.15, -0.1) is 0 Å².